The van der Waals surface area contributed by atoms with Crippen LogP contribution < -0.4 is 22.1 Å². The standard InChI is InChI=1S/C17H29N7O8/c1-23-4-6(26)9-10(15(23)29)21-17(20-9)22-14-11(24(2)8(27)3-18)12(28)13(32-16(19)30)7(5-25)31-14/h6-7,9-14,25-26,28H,3-5,18H2,1-2H3,(H2,19,30)(H2,20,21,22). The summed E-state index contributed by atoms with van der Waals surface area (Å²) in [5.74, 6) is -0.749. The number of likely N-dealkylation sites (N-methyl/N-ethyl adjacent to an activating group) is 2. The van der Waals surface area contributed by atoms with Gasteiger partial charge in [-0.3, -0.25) is 9.59 Å². The van der Waals surface area contributed by atoms with Crippen molar-refractivity contribution < 1.29 is 39.2 Å². The first-order chi connectivity index (χ1) is 15.1. The van der Waals surface area contributed by atoms with E-state index in [2.05, 4.69) is 15.6 Å². The number of primary amides is 1. The Hall–Kier alpha value is -2.72. The van der Waals surface area contributed by atoms with E-state index >= 15 is 0 Å². The maximum absolute atomic E-state index is 12.4. The number of ether oxygens (including phenoxy) is 2. The monoisotopic (exact) mass is 459 g/mol. The summed E-state index contributed by atoms with van der Waals surface area (Å²) in [5, 5.41) is 36.7. The van der Waals surface area contributed by atoms with E-state index in [9.17, 15) is 29.7 Å². The summed E-state index contributed by atoms with van der Waals surface area (Å²) in [7, 11) is 2.92. The van der Waals surface area contributed by atoms with E-state index in [4.69, 9.17) is 20.9 Å². The Balaban J connectivity index is 1.86. The van der Waals surface area contributed by atoms with Gasteiger partial charge < -0.3 is 56.7 Å². The van der Waals surface area contributed by atoms with Crippen molar-refractivity contribution in [1.29, 1.82) is 0 Å². The van der Waals surface area contributed by atoms with Gasteiger partial charge in [-0.1, -0.05) is 0 Å². The summed E-state index contributed by atoms with van der Waals surface area (Å²) in [6.07, 6.45) is -7.31. The molecule has 8 atom stereocenters. The molecule has 15 heteroatoms. The van der Waals surface area contributed by atoms with E-state index in [0.717, 1.165) is 4.90 Å². The van der Waals surface area contributed by atoms with Gasteiger partial charge >= 0.3 is 6.09 Å². The molecule has 3 heterocycles. The van der Waals surface area contributed by atoms with Crippen LogP contribution in [0.2, 0.25) is 0 Å². The first-order valence-corrected chi connectivity index (χ1v) is 9.99. The van der Waals surface area contributed by atoms with Crippen molar-refractivity contribution in [2.24, 2.45) is 16.5 Å². The number of β-amino-alcohol motifs (C(OH)–C–C–N with tert-alkyl or cyclic N) is 1. The van der Waals surface area contributed by atoms with E-state index < -0.39 is 67.4 Å². The van der Waals surface area contributed by atoms with E-state index in [1.54, 1.807) is 7.05 Å². The van der Waals surface area contributed by atoms with Gasteiger partial charge in [-0.2, -0.15) is 0 Å². The van der Waals surface area contributed by atoms with Crippen LogP contribution in [-0.2, 0) is 19.1 Å². The smallest absolute Gasteiger partial charge is 0.404 e. The number of piperidine rings is 1. The summed E-state index contributed by atoms with van der Waals surface area (Å²) in [5.41, 5.74) is 10.5. The van der Waals surface area contributed by atoms with Crippen molar-refractivity contribution in [3.05, 3.63) is 0 Å². The number of nitrogens with zero attached hydrogens (tertiary/aromatic N) is 3. The minimum Gasteiger partial charge on any atom is -0.441 e. The van der Waals surface area contributed by atoms with Gasteiger partial charge in [0.1, 0.15) is 18.2 Å². The highest BCUT2D eigenvalue weighted by Gasteiger charge is 2.51. The molecule has 9 N–H and O–H groups in total. The summed E-state index contributed by atoms with van der Waals surface area (Å²) in [6.45, 7) is -0.876. The van der Waals surface area contributed by atoms with Crippen molar-refractivity contribution in [2.45, 2.75) is 48.8 Å². The Kier molecular flexibility index (Phi) is 7.04. The number of carbonyl (C=O) groups is 3. The molecule has 0 spiro atoms. The number of aliphatic imine (C=N–C) groups is 1. The Morgan fingerprint density at radius 1 is 1.44 bits per heavy atom. The van der Waals surface area contributed by atoms with Gasteiger partial charge in [-0.15, -0.1) is 0 Å². The molecule has 15 nitrogen and oxygen atoms in total. The number of likely N-dealkylation sites (tertiary alicyclic amines) is 1. The van der Waals surface area contributed by atoms with Crippen molar-refractivity contribution in [3.8, 4) is 0 Å². The number of hydrogen-bond donors (Lipinski definition) is 7. The first kappa shape index (κ1) is 23.9. The first-order valence-electron chi connectivity index (χ1n) is 9.99. The molecule has 32 heavy (non-hydrogen) atoms. The van der Waals surface area contributed by atoms with Crippen LogP contribution in [0.4, 0.5) is 4.79 Å². The van der Waals surface area contributed by atoms with Crippen LogP contribution in [0.5, 0.6) is 0 Å². The zero-order valence-corrected chi connectivity index (χ0v) is 17.6. The largest absolute Gasteiger partial charge is 0.441 e. The molecule has 3 aliphatic rings. The van der Waals surface area contributed by atoms with Crippen molar-refractivity contribution >= 4 is 23.9 Å². The molecule has 0 radical (unpaired) electrons. The predicted octanol–water partition coefficient (Wildman–Crippen LogP) is -5.57. The maximum atomic E-state index is 12.4. The number of aliphatic hydroxyl groups excluding tert-OH is 3. The second-order valence-electron chi connectivity index (χ2n) is 7.89. The second-order valence-corrected chi connectivity index (χ2v) is 7.89. The Labute approximate surface area is 183 Å². The molecule has 2 saturated heterocycles. The Morgan fingerprint density at radius 3 is 2.72 bits per heavy atom. The number of nitrogens with two attached hydrogens (primary N) is 2. The Morgan fingerprint density at radius 2 is 2.12 bits per heavy atom. The number of aliphatic hydroxyl groups is 3. The zero-order chi connectivity index (χ0) is 23.7. The van der Waals surface area contributed by atoms with Crippen LogP contribution in [0.1, 0.15) is 0 Å². The van der Waals surface area contributed by atoms with Crippen molar-refractivity contribution in [1.82, 2.24) is 20.4 Å². The van der Waals surface area contributed by atoms with Crippen molar-refractivity contribution in [3.63, 3.8) is 0 Å². The lowest BCUT2D eigenvalue weighted by atomic mass is 9.94. The number of amides is 3. The van der Waals surface area contributed by atoms with Crippen LogP contribution in [0, 0.1) is 0 Å². The minimum absolute atomic E-state index is 0.0875. The fourth-order valence-electron chi connectivity index (χ4n) is 4.16. The Bertz CT molecular complexity index is 782. The molecule has 3 aliphatic heterocycles. The molecule has 0 bridgehead atoms. The summed E-state index contributed by atoms with van der Waals surface area (Å²) >= 11 is 0. The third-order valence-electron chi connectivity index (χ3n) is 5.83. The third kappa shape index (κ3) is 4.42. The van der Waals surface area contributed by atoms with Gasteiger partial charge in [-0.25, -0.2) is 9.79 Å². The van der Waals surface area contributed by atoms with Crippen molar-refractivity contribution in [2.75, 3.05) is 33.8 Å². The average Bonchev–Trinajstić information content (AvgIpc) is 3.17. The average molecular weight is 459 g/mol. The molecule has 0 aliphatic carbocycles. The second kappa shape index (κ2) is 9.41. The molecule has 0 saturated carbocycles. The SMILES string of the molecule is CN1CC(O)C2NC(NC3OC(CO)C(OC(N)=O)C(O)C3N(C)C(=O)CN)=NC2C1=O. The topological polar surface area (TPSA) is 225 Å². The number of rotatable bonds is 5. The molecular weight excluding hydrogens is 430 g/mol. The lowest BCUT2D eigenvalue weighted by molar-refractivity contribution is -0.214. The summed E-state index contributed by atoms with van der Waals surface area (Å²) < 4.78 is 10.7. The van der Waals surface area contributed by atoms with Gasteiger partial charge in [0.15, 0.2) is 24.3 Å². The molecule has 180 valence electrons. The molecular formula is C17H29N7O8. The lowest BCUT2D eigenvalue weighted by Crippen LogP contribution is -2.70. The van der Waals surface area contributed by atoms with Crippen LogP contribution in [0.3, 0.4) is 0 Å². The lowest BCUT2D eigenvalue weighted by Gasteiger charge is -2.47. The fourth-order valence-corrected chi connectivity index (χ4v) is 4.16. The normalized spacial score (nSPS) is 36.6. The summed E-state index contributed by atoms with van der Waals surface area (Å²) in [6, 6.07) is -2.69. The van der Waals surface area contributed by atoms with Gasteiger partial charge in [0, 0.05) is 20.6 Å². The van der Waals surface area contributed by atoms with E-state index in [1.165, 1.54) is 11.9 Å². The molecule has 3 rings (SSSR count). The van der Waals surface area contributed by atoms with Crippen LogP contribution in [-0.4, -0.2) is 132 Å². The molecule has 0 aromatic carbocycles. The van der Waals surface area contributed by atoms with Gasteiger partial charge in [0.2, 0.25) is 11.8 Å². The van der Waals surface area contributed by atoms with Crippen LogP contribution in [0.15, 0.2) is 4.99 Å². The molecule has 3 amide bonds. The maximum Gasteiger partial charge on any atom is 0.404 e. The number of guanidine groups is 1. The van der Waals surface area contributed by atoms with E-state index in [-0.39, 0.29) is 25.0 Å². The van der Waals surface area contributed by atoms with E-state index in [1.807, 2.05) is 0 Å². The fraction of sp³-hybridized carbons (Fsp3) is 0.765. The minimum atomic E-state index is -1.52. The van der Waals surface area contributed by atoms with Gasteiger partial charge in [0.25, 0.3) is 0 Å². The highest BCUT2D eigenvalue weighted by Crippen LogP contribution is 2.27. The quantitative estimate of drug-likeness (QED) is 0.205. The summed E-state index contributed by atoms with van der Waals surface area (Å²) in [4.78, 5) is 42.7. The van der Waals surface area contributed by atoms with E-state index in [0.29, 0.717) is 0 Å². The predicted molar refractivity (Wildman–Crippen MR) is 107 cm³/mol. The molecule has 0 aromatic rings. The highest BCUT2D eigenvalue weighted by molar-refractivity contribution is 5.92. The van der Waals surface area contributed by atoms with Gasteiger partial charge in [0.05, 0.1) is 25.3 Å². The third-order valence-corrected chi connectivity index (χ3v) is 5.83. The number of nitrogens with one attached hydrogen (secondary N) is 2. The number of hydrogen-bond acceptors (Lipinski definition) is 12. The molecule has 0 aromatic heterocycles. The highest BCUT2D eigenvalue weighted by atomic mass is 16.6. The number of carbonyl (C=O) groups excluding carboxylic acids is 3. The zero-order valence-electron chi connectivity index (χ0n) is 17.6. The molecule has 2 fully saturated rings. The van der Waals surface area contributed by atoms with Gasteiger partial charge in [-0.05, 0) is 0 Å². The van der Waals surface area contributed by atoms with Crippen LogP contribution >= 0.6 is 0 Å². The number of fused-ring (bicyclic) bond motifs is 1. The van der Waals surface area contributed by atoms with Crippen LogP contribution in [0.25, 0.3) is 0 Å². The molecule has 8 unspecified atom stereocenters.